The molecular weight excluding hydrogens is 240 g/mol. The molecule has 100 valence electrons. The maximum absolute atomic E-state index is 9.37. The fourth-order valence-corrected chi connectivity index (χ4v) is 2.09. The zero-order valence-corrected chi connectivity index (χ0v) is 11.6. The van der Waals surface area contributed by atoms with Gasteiger partial charge in [0.25, 0.3) is 0 Å². The highest BCUT2D eigenvalue weighted by atomic mass is 16.5. The van der Waals surface area contributed by atoms with Crippen LogP contribution >= 0.6 is 0 Å². The SMILES string of the molecule is Cc1nc(O)nc(C)c1-c1ccc(OC(C)C)cc1. The molecule has 2 rings (SSSR count). The monoisotopic (exact) mass is 258 g/mol. The molecule has 1 aromatic heterocycles. The van der Waals surface area contributed by atoms with Crippen LogP contribution < -0.4 is 4.74 Å². The lowest BCUT2D eigenvalue weighted by atomic mass is 10.0. The van der Waals surface area contributed by atoms with Crippen LogP contribution in [0.5, 0.6) is 11.8 Å². The lowest BCUT2D eigenvalue weighted by Gasteiger charge is -2.12. The van der Waals surface area contributed by atoms with Crippen LogP contribution in [0.25, 0.3) is 11.1 Å². The molecule has 0 atom stereocenters. The van der Waals surface area contributed by atoms with Gasteiger partial charge in [-0.2, -0.15) is 0 Å². The molecule has 0 bridgehead atoms. The number of aryl methyl sites for hydroxylation is 2. The summed E-state index contributed by atoms with van der Waals surface area (Å²) < 4.78 is 5.61. The van der Waals surface area contributed by atoms with E-state index < -0.39 is 0 Å². The van der Waals surface area contributed by atoms with Gasteiger partial charge in [0.2, 0.25) is 0 Å². The Labute approximate surface area is 113 Å². The predicted octanol–water partition coefficient (Wildman–Crippen LogP) is 3.25. The van der Waals surface area contributed by atoms with Crippen molar-refractivity contribution in [2.45, 2.75) is 33.8 Å². The molecule has 0 unspecified atom stereocenters. The van der Waals surface area contributed by atoms with Gasteiger partial charge in [0.05, 0.1) is 17.5 Å². The van der Waals surface area contributed by atoms with E-state index in [1.807, 2.05) is 52.0 Å². The summed E-state index contributed by atoms with van der Waals surface area (Å²) in [6, 6.07) is 7.64. The second-order valence-corrected chi connectivity index (χ2v) is 4.76. The first-order valence-electron chi connectivity index (χ1n) is 6.28. The van der Waals surface area contributed by atoms with Gasteiger partial charge in [-0.25, -0.2) is 9.97 Å². The van der Waals surface area contributed by atoms with E-state index in [-0.39, 0.29) is 12.1 Å². The Bertz CT molecular complexity index is 554. The normalized spacial score (nSPS) is 10.8. The van der Waals surface area contributed by atoms with Crippen LogP contribution in [0.1, 0.15) is 25.2 Å². The second kappa shape index (κ2) is 5.26. The first kappa shape index (κ1) is 13.3. The molecule has 0 aliphatic rings. The fraction of sp³-hybridized carbons (Fsp3) is 0.333. The van der Waals surface area contributed by atoms with Crippen LogP contribution in [-0.2, 0) is 0 Å². The predicted molar refractivity (Wildman–Crippen MR) is 74.4 cm³/mol. The topological polar surface area (TPSA) is 55.2 Å². The quantitative estimate of drug-likeness (QED) is 0.918. The molecule has 1 heterocycles. The zero-order valence-electron chi connectivity index (χ0n) is 11.6. The summed E-state index contributed by atoms with van der Waals surface area (Å²) >= 11 is 0. The molecule has 0 radical (unpaired) electrons. The zero-order chi connectivity index (χ0) is 14.0. The molecule has 2 aromatic rings. The number of rotatable bonds is 3. The molecule has 0 saturated heterocycles. The number of ether oxygens (including phenoxy) is 1. The Morgan fingerprint density at radius 3 is 2.00 bits per heavy atom. The highest BCUT2D eigenvalue weighted by Gasteiger charge is 2.10. The van der Waals surface area contributed by atoms with Crippen molar-refractivity contribution in [3.63, 3.8) is 0 Å². The molecule has 0 fully saturated rings. The molecule has 19 heavy (non-hydrogen) atoms. The lowest BCUT2D eigenvalue weighted by molar-refractivity contribution is 0.242. The third-order valence-electron chi connectivity index (χ3n) is 2.77. The minimum Gasteiger partial charge on any atom is -0.491 e. The van der Waals surface area contributed by atoms with E-state index in [0.29, 0.717) is 0 Å². The summed E-state index contributed by atoms with van der Waals surface area (Å²) in [6.45, 7) is 7.72. The smallest absolute Gasteiger partial charge is 0.314 e. The van der Waals surface area contributed by atoms with Gasteiger partial charge in [-0.1, -0.05) is 12.1 Å². The van der Waals surface area contributed by atoms with Gasteiger partial charge in [-0.3, -0.25) is 0 Å². The fourth-order valence-electron chi connectivity index (χ4n) is 2.09. The number of nitrogens with zero attached hydrogens (tertiary/aromatic N) is 2. The lowest BCUT2D eigenvalue weighted by Crippen LogP contribution is -2.05. The molecule has 4 nitrogen and oxygen atoms in total. The number of benzene rings is 1. The van der Waals surface area contributed by atoms with Gasteiger partial charge >= 0.3 is 6.01 Å². The molecule has 0 aliphatic heterocycles. The number of aromatic nitrogens is 2. The highest BCUT2D eigenvalue weighted by Crippen LogP contribution is 2.28. The summed E-state index contributed by atoms with van der Waals surface area (Å²) in [7, 11) is 0. The molecule has 0 saturated carbocycles. The first-order valence-corrected chi connectivity index (χ1v) is 6.28. The third-order valence-corrected chi connectivity index (χ3v) is 2.77. The Hall–Kier alpha value is -2.10. The average molecular weight is 258 g/mol. The van der Waals surface area contributed by atoms with Crippen molar-refractivity contribution in [2.24, 2.45) is 0 Å². The summed E-state index contributed by atoms with van der Waals surface area (Å²) in [5, 5.41) is 9.37. The van der Waals surface area contributed by atoms with Crippen molar-refractivity contribution < 1.29 is 9.84 Å². The number of hydrogen-bond acceptors (Lipinski definition) is 4. The van der Waals surface area contributed by atoms with Crippen molar-refractivity contribution in [3.8, 4) is 22.9 Å². The van der Waals surface area contributed by atoms with Crippen LogP contribution in [0.15, 0.2) is 24.3 Å². The highest BCUT2D eigenvalue weighted by molar-refractivity contribution is 5.68. The molecule has 0 spiro atoms. The van der Waals surface area contributed by atoms with Gasteiger partial charge in [-0.15, -0.1) is 0 Å². The van der Waals surface area contributed by atoms with Crippen molar-refractivity contribution in [2.75, 3.05) is 0 Å². The summed E-state index contributed by atoms with van der Waals surface area (Å²) in [6.07, 6.45) is 0.159. The van der Waals surface area contributed by atoms with Gasteiger partial charge in [0.15, 0.2) is 0 Å². The van der Waals surface area contributed by atoms with E-state index in [1.165, 1.54) is 0 Å². The Kier molecular flexibility index (Phi) is 3.69. The van der Waals surface area contributed by atoms with E-state index in [0.717, 1.165) is 28.3 Å². The van der Waals surface area contributed by atoms with Crippen molar-refractivity contribution >= 4 is 0 Å². The molecule has 0 aliphatic carbocycles. The Morgan fingerprint density at radius 1 is 1.00 bits per heavy atom. The van der Waals surface area contributed by atoms with Crippen molar-refractivity contribution in [1.82, 2.24) is 9.97 Å². The van der Waals surface area contributed by atoms with Crippen molar-refractivity contribution in [1.29, 1.82) is 0 Å². The van der Waals surface area contributed by atoms with Gasteiger partial charge in [0.1, 0.15) is 5.75 Å². The van der Waals surface area contributed by atoms with E-state index in [2.05, 4.69) is 9.97 Å². The van der Waals surface area contributed by atoms with Crippen LogP contribution in [0.2, 0.25) is 0 Å². The second-order valence-electron chi connectivity index (χ2n) is 4.76. The Balaban J connectivity index is 2.37. The van der Waals surface area contributed by atoms with Gasteiger partial charge in [-0.05, 0) is 45.4 Å². The minimum absolute atomic E-state index is 0.159. The van der Waals surface area contributed by atoms with Crippen molar-refractivity contribution in [3.05, 3.63) is 35.7 Å². The first-order chi connectivity index (χ1) is 8.97. The number of hydrogen-bond donors (Lipinski definition) is 1. The largest absolute Gasteiger partial charge is 0.491 e. The minimum atomic E-state index is -0.182. The van der Waals surface area contributed by atoms with E-state index >= 15 is 0 Å². The summed E-state index contributed by atoms with van der Waals surface area (Å²) in [4.78, 5) is 7.99. The molecule has 1 aromatic carbocycles. The van der Waals surface area contributed by atoms with E-state index in [9.17, 15) is 5.11 Å². The van der Waals surface area contributed by atoms with Crippen LogP contribution in [-0.4, -0.2) is 21.2 Å². The standard InChI is InChI=1S/C15H18N2O2/c1-9(2)19-13-7-5-12(6-8-13)14-10(3)16-15(18)17-11(14)4/h5-9H,1-4H3,(H,16,17,18). The van der Waals surface area contributed by atoms with Crippen LogP contribution in [0.4, 0.5) is 0 Å². The maximum atomic E-state index is 9.37. The molecule has 0 amide bonds. The van der Waals surface area contributed by atoms with Gasteiger partial charge < -0.3 is 9.84 Å². The third kappa shape index (κ3) is 3.02. The average Bonchev–Trinajstić information content (AvgIpc) is 2.29. The maximum Gasteiger partial charge on any atom is 0.314 e. The molecular formula is C15H18N2O2. The van der Waals surface area contributed by atoms with E-state index in [1.54, 1.807) is 0 Å². The number of aromatic hydroxyl groups is 1. The van der Waals surface area contributed by atoms with E-state index in [4.69, 9.17) is 4.74 Å². The summed E-state index contributed by atoms with van der Waals surface area (Å²) in [5.41, 5.74) is 3.50. The summed E-state index contributed by atoms with van der Waals surface area (Å²) in [5.74, 6) is 0.841. The van der Waals surface area contributed by atoms with Gasteiger partial charge in [0, 0.05) is 5.56 Å². The molecule has 1 N–H and O–H groups in total. The Morgan fingerprint density at radius 2 is 1.53 bits per heavy atom. The molecule has 4 heteroatoms. The van der Waals surface area contributed by atoms with Crippen LogP contribution in [0.3, 0.4) is 0 Å². The van der Waals surface area contributed by atoms with Crippen LogP contribution in [0, 0.1) is 13.8 Å².